The van der Waals surface area contributed by atoms with E-state index in [1.807, 2.05) is 11.8 Å². The molecule has 17 heavy (non-hydrogen) atoms. The van der Waals surface area contributed by atoms with E-state index in [-0.39, 0.29) is 18.0 Å². The van der Waals surface area contributed by atoms with Crippen LogP contribution in [0.4, 0.5) is 0 Å². The van der Waals surface area contributed by atoms with Gasteiger partial charge < -0.3 is 9.64 Å². The number of carbonyl (C=O) groups excluding carboxylic acids is 2. The highest BCUT2D eigenvalue weighted by Gasteiger charge is 2.30. The van der Waals surface area contributed by atoms with Crippen LogP contribution in [-0.2, 0) is 14.3 Å². The summed E-state index contributed by atoms with van der Waals surface area (Å²) in [5, 5.41) is 0. The van der Waals surface area contributed by atoms with Crippen molar-refractivity contribution in [3.8, 4) is 0 Å². The van der Waals surface area contributed by atoms with Gasteiger partial charge in [-0.2, -0.15) is 0 Å². The Morgan fingerprint density at radius 3 is 2.76 bits per heavy atom. The fraction of sp³-hybridized carbons (Fsp3) is 0.846. The van der Waals surface area contributed by atoms with Crippen LogP contribution in [-0.4, -0.2) is 36.0 Å². The summed E-state index contributed by atoms with van der Waals surface area (Å²) >= 11 is 0. The molecule has 0 spiro atoms. The summed E-state index contributed by atoms with van der Waals surface area (Å²) in [4.78, 5) is 24.5. The molecule has 4 heteroatoms. The minimum atomic E-state index is -0.0512. The van der Waals surface area contributed by atoms with Gasteiger partial charge in [0.05, 0.1) is 5.92 Å². The van der Waals surface area contributed by atoms with Crippen molar-refractivity contribution in [2.24, 2.45) is 5.92 Å². The molecule has 2 saturated heterocycles. The largest absolute Gasteiger partial charge is 0.462 e. The van der Waals surface area contributed by atoms with Crippen LogP contribution in [0.15, 0.2) is 0 Å². The Labute approximate surface area is 102 Å². The fourth-order valence-corrected chi connectivity index (χ4v) is 2.61. The predicted molar refractivity (Wildman–Crippen MR) is 63.3 cm³/mol. The molecule has 0 radical (unpaired) electrons. The number of amides is 1. The Morgan fingerprint density at radius 1 is 1.35 bits per heavy atom. The summed E-state index contributed by atoms with van der Waals surface area (Å²) in [5.74, 6) is 0.316. The van der Waals surface area contributed by atoms with Gasteiger partial charge in [0.25, 0.3) is 0 Å². The second-order valence-corrected chi connectivity index (χ2v) is 5.18. The van der Waals surface area contributed by atoms with Gasteiger partial charge in [0, 0.05) is 19.5 Å². The lowest BCUT2D eigenvalue weighted by atomic mass is 10.0. The maximum absolute atomic E-state index is 11.4. The molecule has 4 nitrogen and oxygen atoms in total. The average molecular weight is 239 g/mol. The van der Waals surface area contributed by atoms with E-state index in [9.17, 15) is 9.59 Å². The first kappa shape index (κ1) is 12.4. The Balaban J connectivity index is 1.57. The maximum atomic E-state index is 11.4. The minimum absolute atomic E-state index is 0.0512. The van der Waals surface area contributed by atoms with Crippen LogP contribution in [0.2, 0.25) is 0 Å². The average Bonchev–Trinajstić information content (AvgIpc) is 2.82. The quantitative estimate of drug-likeness (QED) is 0.542. The van der Waals surface area contributed by atoms with Crippen LogP contribution in [0.3, 0.4) is 0 Å². The monoisotopic (exact) mass is 239 g/mol. The zero-order valence-electron chi connectivity index (χ0n) is 10.5. The molecule has 0 bridgehead atoms. The Morgan fingerprint density at radius 2 is 2.18 bits per heavy atom. The lowest BCUT2D eigenvalue weighted by molar-refractivity contribution is -0.144. The van der Waals surface area contributed by atoms with Gasteiger partial charge in [0.2, 0.25) is 5.91 Å². The van der Waals surface area contributed by atoms with Crippen molar-refractivity contribution in [3.63, 3.8) is 0 Å². The lowest BCUT2D eigenvalue weighted by Gasteiger charge is -2.15. The van der Waals surface area contributed by atoms with Crippen molar-refractivity contribution in [1.82, 2.24) is 4.90 Å². The molecule has 2 unspecified atom stereocenters. The number of ether oxygens (including phenoxy) is 1. The third kappa shape index (κ3) is 3.20. The van der Waals surface area contributed by atoms with Gasteiger partial charge in [0.15, 0.2) is 0 Å². The molecule has 2 aliphatic rings. The van der Waals surface area contributed by atoms with Gasteiger partial charge in [-0.15, -0.1) is 0 Å². The van der Waals surface area contributed by atoms with E-state index in [1.165, 1.54) is 0 Å². The molecule has 2 atom stereocenters. The highest BCUT2D eigenvalue weighted by atomic mass is 16.5. The smallest absolute Gasteiger partial charge is 0.309 e. The van der Waals surface area contributed by atoms with Crippen LogP contribution < -0.4 is 0 Å². The predicted octanol–water partition coefficient (Wildman–Crippen LogP) is 1.73. The molecule has 2 fully saturated rings. The zero-order valence-corrected chi connectivity index (χ0v) is 10.5. The molecule has 0 N–H and O–H groups in total. The standard InChI is InChI=1S/C13H21NO3/c1-10-9-11(17-13(10)16)5-2-3-7-14-8-4-6-12(14)15/h10-11H,2-9H2,1H3. The van der Waals surface area contributed by atoms with Gasteiger partial charge in [-0.25, -0.2) is 0 Å². The fourth-order valence-electron chi connectivity index (χ4n) is 2.61. The van der Waals surface area contributed by atoms with E-state index in [0.717, 1.165) is 51.6 Å². The minimum Gasteiger partial charge on any atom is -0.462 e. The molecule has 0 aliphatic carbocycles. The van der Waals surface area contributed by atoms with Crippen molar-refractivity contribution in [3.05, 3.63) is 0 Å². The molecule has 0 aromatic heterocycles. The maximum Gasteiger partial charge on any atom is 0.309 e. The van der Waals surface area contributed by atoms with Crippen LogP contribution in [0.1, 0.15) is 45.4 Å². The number of hydrogen-bond donors (Lipinski definition) is 0. The highest BCUT2D eigenvalue weighted by Crippen LogP contribution is 2.24. The molecular weight excluding hydrogens is 218 g/mol. The van der Waals surface area contributed by atoms with Crippen molar-refractivity contribution >= 4 is 11.9 Å². The molecule has 96 valence electrons. The number of esters is 1. The summed E-state index contributed by atoms with van der Waals surface area (Å²) in [7, 11) is 0. The Hall–Kier alpha value is -1.06. The van der Waals surface area contributed by atoms with Crippen molar-refractivity contribution < 1.29 is 14.3 Å². The van der Waals surface area contributed by atoms with E-state index in [0.29, 0.717) is 5.91 Å². The number of cyclic esters (lactones) is 1. The number of hydrogen-bond acceptors (Lipinski definition) is 3. The van der Waals surface area contributed by atoms with Crippen molar-refractivity contribution in [2.75, 3.05) is 13.1 Å². The van der Waals surface area contributed by atoms with E-state index < -0.39 is 0 Å². The van der Waals surface area contributed by atoms with Crippen molar-refractivity contribution in [1.29, 1.82) is 0 Å². The zero-order chi connectivity index (χ0) is 12.3. The highest BCUT2D eigenvalue weighted by molar-refractivity contribution is 5.78. The van der Waals surface area contributed by atoms with E-state index in [1.54, 1.807) is 0 Å². The third-order valence-electron chi connectivity index (χ3n) is 3.68. The molecule has 0 aromatic rings. The molecule has 2 heterocycles. The van der Waals surface area contributed by atoms with Gasteiger partial charge in [-0.05, 0) is 32.1 Å². The first-order chi connectivity index (χ1) is 8.16. The summed E-state index contributed by atoms with van der Waals surface area (Å²) in [6.45, 7) is 3.72. The van der Waals surface area contributed by atoms with E-state index in [4.69, 9.17) is 4.74 Å². The van der Waals surface area contributed by atoms with Crippen LogP contribution >= 0.6 is 0 Å². The number of carbonyl (C=O) groups is 2. The lowest BCUT2D eigenvalue weighted by Crippen LogP contribution is -2.25. The number of unbranched alkanes of at least 4 members (excludes halogenated alkanes) is 1. The van der Waals surface area contributed by atoms with Gasteiger partial charge >= 0.3 is 5.97 Å². The molecule has 0 aromatic carbocycles. The van der Waals surface area contributed by atoms with Crippen molar-refractivity contribution in [2.45, 2.75) is 51.6 Å². The topological polar surface area (TPSA) is 46.6 Å². The van der Waals surface area contributed by atoms with Gasteiger partial charge in [0.1, 0.15) is 6.10 Å². The second-order valence-electron chi connectivity index (χ2n) is 5.18. The molecule has 1 amide bonds. The van der Waals surface area contributed by atoms with E-state index in [2.05, 4.69) is 0 Å². The summed E-state index contributed by atoms with van der Waals surface area (Å²) in [5.41, 5.74) is 0. The first-order valence-corrected chi connectivity index (χ1v) is 6.65. The summed E-state index contributed by atoms with van der Waals surface area (Å²) < 4.78 is 5.25. The molecule has 0 saturated carbocycles. The number of likely N-dealkylation sites (tertiary alicyclic amines) is 1. The molecular formula is C13H21NO3. The number of rotatable bonds is 5. The third-order valence-corrected chi connectivity index (χ3v) is 3.68. The summed E-state index contributed by atoms with van der Waals surface area (Å²) in [6.07, 6.45) is 5.71. The SMILES string of the molecule is CC1CC(CCCCN2CCCC2=O)OC1=O. The Kier molecular flexibility index (Phi) is 4.02. The van der Waals surface area contributed by atoms with Gasteiger partial charge in [-0.1, -0.05) is 6.92 Å². The van der Waals surface area contributed by atoms with E-state index >= 15 is 0 Å². The summed E-state index contributed by atoms with van der Waals surface area (Å²) in [6, 6.07) is 0. The second kappa shape index (κ2) is 5.52. The van der Waals surface area contributed by atoms with Crippen LogP contribution in [0.5, 0.6) is 0 Å². The number of nitrogens with zero attached hydrogens (tertiary/aromatic N) is 1. The first-order valence-electron chi connectivity index (χ1n) is 6.65. The van der Waals surface area contributed by atoms with Crippen LogP contribution in [0, 0.1) is 5.92 Å². The molecule has 2 rings (SSSR count). The normalized spacial score (nSPS) is 28.9. The van der Waals surface area contributed by atoms with Gasteiger partial charge in [-0.3, -0.25) is 9.59 Å². The molecule has 2 aliphatic heterocycles. The Bertz CT molecular complexity index is 303. The van der Waals surface area contributed by atoms with Crippen LogP contribution in [0.25, 0.3) is 0 Å².